The molecule has 0 aromatic heterocycles. The van der Waals surface area contributed by atoms with E-state index in [-0.39, 0.29) is 6.10 Å². The van der Waals surface area contributed by atoms with E-state index >= 15 is 0 Å². The number of thioether (sulfide) groups is 1. The monoisotopic (exact) mass is 275 g/mol. The highest BCUT2D eigenvalue weighted by atomic mass is 35.5. The van der Waals surface area contributed by atoms with Gasteiger partial charge in [-0.25, -0.2) is 0 Å². The minimum absolute atomic E-state index is 0.130. The Bertz CT molecular complexity index is 360. The maximum Gasteiger partial charge on any atom is 0.0867 e. The van der Waals surface area contributed by atoms with E-state index in [1.807, 2.05) is 19.9 Å². The van der Waals surface area contributed by atoms with Crippen LogP contribution in [0.3, 0.4) is 0 Å². The van der Waals surface area contributed by atoms with Crippen LogP contribution in [0, 0.1) is 0 Å². The predicted octanol–water partition coefficient (Wildman–Crippen LogP) is 2.80. The second kappa shape index (κ2) is 7.11. The third-order valence-electron chi connectivity index (χ3n) is 2.01. The number of aliphatic hydroxyl groups excluding tert-OH is 1. The van der Waals surface area contributed by atoms with Crippen LogP contribution in [0.4, 0.5) is 5.69 Å². The van der Waals surface area contributed by atoms with Crippen molar-refractivity contribution < 1.29 is 9.84 Å². The fraction of sp³-hybridized carbons (Fsp3) is 0.500. The van der Waals surface area contributed by atoms with E-state index in [0.29, 0.717) is 23.1 Å². The van der Waals surface area contributed by atoms with Gasteiger partial charge in [0.25, 0.3) is 0 Å². The van der Waals surface area contributed by atoms with Crippen molar-refractivity contribution in [2.24, 2.45) is 0 Å². The Labute approximate surface area is 111 Å². The standard InChI is InChI=1S/C12H18ClNO2S/c1-8(2)16-6-10(15)7-17-12-5-9(14)3-4-11(12)13/h3-5,8,10,15H,6-7,14H2,1-2H3. The van der Waals surface area contributed by atoms with Gasteiger partial charge in [-0.05, 0) is 32.0 Å². The molecule has 3 N–H and O–H groups in total. The summed E-state index contributed by atoms with van der Waals surface area (Å²) in [5.41, 5.74) is 6.34. The summed E-state index contributed by atoms with van der Waals surface area (Å²) in [6, 6.07) is 5.32. The Morgan fingerprint density at radius 1 is 1.47 bits per heavy atom. The zero-order chi connectivity index (χ0) is 12.8. The number of benzene rings is 1. The maximum atomic E-state index is 9.70. The second-order valence-corrected chi connectivity index (χ2v) is 5.51. The highest BCUT2D eigenvalue weighted by molar-refractivity contribution is 7.99. The van der Waals surface area contributed by atoms with E-state index in [2.05, 4.69) is 0 Å². The average molecular weight is 276 g/mol. The van der Waals surface area contributed by atoms with E-state index < -0.39 is 6.10 Å². The molecule has 96 valence electrons. The lowest BCUT2D eigenvalue weighted by molar-refractivity contribution is 0.0152. The minimum Gasteiger partial charge on any atom is -0.399 e. The average Bonchev–Trinajstić information content (AvgIpc) is 2.27. The van der Waals surface area contributed by atoms with Crippen molar-refractivity contribution in [3.05, 3.63) is 23.2 Å². The molecule has 1 atom stereocenters. The van der Waals surface area contributed by atoms with Gasteiger partial charge in [0.2, 0.25) is 0 Å². The summed E-state index contributed by atoms with van der Waals surface area (Å²) in [6.45, 7) is 4.22. The van der Waals surface area contributed by atoms with Crippen molar-refractivity contribution >= 4 is 29.1 Å². The van der Waals surface area contributed by atoms with Gasteiger partial charge in [-0.2, -0.15) is 0 Å². The van der Waals surface area contributed by atoms with Crippen molar-refractivity contribution in [2.75, 3.05) is 18.1 Å². The molecule has 0 bridgehead atoms. The van der Waals surface area contributed by atoms with Gasteiger partial charge in [-0.15, -0.1) is 11.8 Å². The molecule has 0 heterocycles. The van der Waals surface area contributed by atoms with Gasteiger partial charge >= 0.3 is 0 Å². The Morgan fingerprint density at radius 3 is 2.82 bits per heavy atom. The number of halogens is 1. The van der Waals surface area contributed by atoms with Gasteiger partial charge in [0.1, 0.15) is 0 Å². The number of nitrogens with two attached hydrogens (primary N) is 1. The highest BCUT2D eigenvalue weighted by Crippen LogP contribution is 2.29. The first-order chi connectivity index (χ1) is 7.99. The fourth-order valence-corrected chi connectivity index (χ4v) is 2.34. The van der Waals surface area contributed by atoms with Gasteiger partial charge in [0.05, 0.1) is 23.8 Å². The molecule has 1 aromatic carbocycles. The van der Waals surface area contributed by atoms with Gasteiger partial charge in [-0.1, -0.05) is 11.6 Å². The van der Waals surface area contributed by atoms with Crippen LogP contribution in [-0.2, 0) is 4.74 Å². The molecule has 0 saturated carbocycles. The zero-order valence-electron chi connectivity index (χ0n) is 10.0. The third-order valence-corrected chi connectivity index (χ3v) is 3.65. The molecule has 0 fully saturated rings. The first-order valence-corrected chi connectivity index (χ1v) is 6.83. The molecule has 1 rings (SSSR count). The quantitative estimate of drug-likeness (QED) is 0.619. The second-order valence-electron chi connectivity index (χ2n) is 4.04. The molecule has 17 heavy (non-hydrogen) atoms. The number of anilines is 1. The summed E-state index contributed by atoms with van der Waals surface area (Å²) in [5, 5.41) is 10.4. The van der Waals surface area contributed by atoms with Crippen molar-refractivity contribution in [1.82, 2.24) is 0 Å². The summed E-state index contributed by atoms with van der Waals surface area (Å²) >= 11 is 7.50. The van der Waals surface area contributed by atoms with E-state index in [1.165, 1.54) is 11.8 Å². The fourth-order valence-electron chi connectivity index (χ4n) is 1.17. The molecule has 0 aliphatic carbocycles. The molecule has 0 amide bonds. The zero-order valence-corrected chi connectivity index (χ0v) is 11.6. The first kappa shape index (κ1) is 14.6. The molecule has 0 saturated heterocycles. The molecule has 1 aromatic rings. The first-order valence-electron chi connectivity index (χ1n) is 5.46. The van der Waals surface area contributed by atoms with Gasteiger partial charge in [-0.3, -0.25) is 0 Å². The SMILES string of the molecule is CC(C)OCC(O)CSc1cc(N)ccc1Cl. The summed E-state index contributed by atoms with van der Waals surface area (Å²) in [6.07, 6.45) is -0.370. The van der Waals surface area contributed by atoms with Gasteiger partial charge in [0.15, 0.2) is 0 Å². The van der Waals surface area contributed by atoms with Crippen LogP contribution in [-0.4, -0.2) is 29.7 Å². The van der Waals surface area contributed by atoms with Crippen molar-refractivity contribution in [3.63, 3.8) is 0 Å². The normalized spacial score (nSPS) is 13.0. The predicted molar refractivity (Wildman–Crippen MR) is 73.7 cm³/mol. The van der Waals surface area contributed by atoms with Crippen LogP contribution in [0.2, 0.25) is 5.02 Å². The lowest BCUT2D eigenvalue weighted by atomic mass is 10.3. The van der Waals surface area contributed by atoms with Gasteiger partial charge < -0.3 is 15.6 Å². The lowest BCUT2D eigenvalue weighted by Gasteiger charge is -2.13. The molecule has 0 aliphatic rings. The molecule has 0 spiro atoms. The number of hydrogen-bond acceptors (Lipinski definition) is 4. The summed E-state index contributed by atoms with van der Waals surface area (Å²) in [4.78, 5) is 0.885. The van der Waals surface area contributed by atoms with Crippen LogP contribution in [0.5, 0.6) is 0 Å². The molecule has 1 unspecified atom stereocenters. The van der Waals surface area contributed by atoms with E-state index in [9.17, 15) is 5.11 Å². The van der Waals surface area contributed by atoms with Crippen molar-refractivity contribution in [1.29, 1.82) is 0 Å². The molecular weight excluding hydrogens is 258 g/mol. The van der Waals surface area contributed by atoms with Crippen LogP contribution >= 0.6 is 23.4 Å². The van der Waals surface area contributed by atoms with Crippen LogP contribution < -0.4 is 5.73 Å². The van der Waals surface area contributed by atoms with Crippen LogP contribution in [0.15, 0.2) is 23.1 Å². The minimum atomic E-state index is -0.500. The largest absolute Gasteiger partial charge is 0.399 e. The van der Waals surface area contributed by atoms with E-state index in [4.69, 9.17) is 22.1 Å². The van der Waals surface area contributed by atoms with Crippen molar-refractivity contribution in [3.8, 4) is 0 Å². The Balaban J connectivity index is 2.41. The third kappa shape index (κ3) is 5.64. The Morgan fingerprint density at radius 2 is 2.18 bits per heavy atom. The summed E-state index contributed by atoms with van der Waals surface area (Å²) in [5.74, 6) is 0.538. The van der Waals surface area contributed by atoms with Crippen LogP contribution in [0.1, 0.15) is 13.8 Å². The number of hydrogen-bond donors (Lipinski definition) is 2. The maximum absolute atomic E-state index is 9.70. The van der Waals surface area contributed by atoms with Crippen molar-refractivity contribution in [2.45, 2.75) is 31.0 Å². The molecule has 5 heteroatoms. The molecule has 0 radical (unpaired) electrons. The number of nitrogen functional groups attached to an aromatic ring is 1. The molecular formula is C12H18ClNO2S. The highest BCUT2D eigenvalue weighted by Gasteiger charge is 2.08. The van der Waals surface area contributed by atoms with E-state index in [1.54, 1.807) is 12.1 Å². The summed E-state index contributed by atoms with van der Waals surface area (Å²) in [7, 11) is 0. The lowest BCUT2D eigenvalue weighted by Crippen LogP contribution is -2.20. The Kier molecular flexibility index (Phi) is 6.12. The number of aliphatic hydroxyl groups is 1. The molecule has 3 nitrogen and oxygen atoms in total. The van der Waals surface area contributed by atoms with E-state index in [0.717, 1.165) is 4.90 Å². The smallest absolute Gasteiger partial charge is 0.0867 e. The summed E-state index contributed by atoms with van der Waals surface area (Å²) < 4.78 is 5.32. The molecule has 0 aliphatic heterocycles. The topological polar surface area (TPSA) is 55.5 Å². The number of ether oxygens (including phenoxy) is 1. The number of rotatable bonds is 6. The Hall–Kier alpha value is -0.420. The van der Waals surface area contributed by atoms with Gasteiger partial charge in [0, 0.05) is 16.3 Å². The van der Waals surface area contributed by atoms with Crippen LogP contribution in [0.25, 0.3) is 0 Å².